The molecule has 0 aliphatic heterocycles. The van der Waals surface area contributed by atoms with Gasteiger partial charge in [0.1, 0.15) is 5.82 Å². The fraction of sp³-hybridized carbons (Fsp3) is 0.455. The molecule has 0 bridgehead atoms. The van der Waals surface area contributed by atoms with Gasteiger partial charge in [-0.2, -0.15) is 0 Å². The Bertz CT molecular complexity index is 305. The molecule has 0 spiro atoms. The van der Waals surface area contributed by atoms with E-state index in [-0.39, 0.29) is 5.82 Å². The van der Waals surface area contributed by atoms with Crippen LogP contribution in [0.3, 0.4) is 0 Å². The fourth-order valence-corrected chi connectivity index (χ4v) is 1.66. The first kappa shape index (κ1) is 8.70. The summed E-state index contributed by atoms with van der Waals surface area (Å²) in [5.41, 5.74) is 7.07. The second-order valence-corrected chi connectivity index (χ2v) is 3.63. The second kappa shape index (κ2) is 3.46. The maximum Gasteiger partial charge on any atom is 0.129 e. The minimum Gasteiger partial charge on any atom is -0.330 e. The van der Waals surface area contributed by atoms with Crippen molar-refractivity contribution in [3.05, 3.63) is 35.1 Å². The third kappa shape index (κ3) is 1.73. The average molecular weight is 179 g/mol. The molecule has 0 unspecified atom stereocenters. The van der Waals surface area contributed by atoms with Gasteiger partial charge in [-0.1, -0.05) is 18.2 Å². The van der Waals surface area contributed by atoms with Crippen LogP contribution in [-0.4, -0.2) is 6.54 Å². The molecule has 2 rings (SSSR count). The van der Waals surface area contributed by atoms with E-state index in [4.69, 9.17) is 5.73 Å². The van der Waals surface area contributed by atoms with Gasteiger partial charge in [-0.25, -0.2) is 4.39 Å². The molecule has 1 aliphatic rings. The monoisotopic (exact) mass is 179 g/mol. The molecule has 70 valence electrons. The van der Waals surface area contributed by atoms with E-state index in [0.717, 1.165) is 24.0 Å². The van der Waals surface area contributed by atoms with E-state index in [1.54, 1.807) is 0 Å². The van der Waals surface area contributed by atoms with Crippen molar-refractivity contribution in [3.8, 4) is 0 Å². The molecule has 0 atom stereocenters. The Hall–Kier alpha value is -0.890. The van der Waals surface area contributed by atoms with E-state index in [0.29, 0.717) is 18.9 Å². The molecule has 2 heteroatoms. The molecule has 1 saturated carbocycles. The lowest BCUT2D eigenvalue weighted by atomic mass is 10.0. The van der Waals surface area contributed by atoms with Gasteiger partial charge in [0.2, 0.25) is 0 Å². The molecule has 1 aromatic carbocycles. The highest BCUT2D eigenvalue weighted by molar-refractivity contribution is 5.31. The highest BCUT2D eigenvalue weighted by Crippen LogP contribution is 2.41. The molecule has 0 amide bonds. The quantitative estimate of drug-likeness (QED) is 0.756. The number of halogens is 1. The van der Waals surface area contributed by atoms with Crippen molar-refractivity contribution in [2.24, 2.45) is 5.73 Å². The minimum atomic E-state index is -0.0181. The normalized spacial score (nSPS) is 16.2. The molecule has 1 nitrogen and oxygen atoms in total. The number of nitrogens with two attached hydrogens (primary N) is 1. The number of rotatable bonds is 3. The van der Waals surface area contributed by atoms with Crippen molar-refractivity contribution in [2.45, 2.75) is 25.2 Å². The van der Waals surface area contributed by atoms with E-state index in [2.05, 4.69) is 0 Å². The Morgan fingerprint density at radius 1 is 1.38 bits per heavy atom. The van der Waals surface area contributed by atoms with Crippen LogP contribution < -0.4 is 5.73 Å². The van der Waals surface area contributed by atoms with Crippen LogP contribution in [0.25, 0.3) is 0 Å². The highest BCUT2D eigenvalue weighted by atomic mass is 19.1. The minimum absolute atomic E-state index is 0.0181. The first-order chi connectivity index (χ1) is 6.33. The maximum absolute atomic E-state index is 13.7. The summed E-state index contributed by atoms with van der Waals surface area (Å²) in [6.07, 6.45) is 2.93. The first-order valence-electron chi connectivity index (χ1n) is 4.80. The standard InChI is InChI=1S/C11H14FN/c12-11-9(6-7-13)2-1-3-10(11)8-4-5-8/h1-3,8H,4-7,13H2. The first-order valence-corrected chi connectivity index (χ1v) is 4.80. The topological polar surface area (TPSA) is 26.0 Å². The van der Waals surface area contributed by atoms with E-state index >= 15 is 0 Å². The van der Waals surface area contributed by atoms with Crippen LogP contribution in [0.4, 0.5) is 4.39 Å². The van der Waals surface area contributed by atoms with Crippen molar-refractivity contribution < 1.29 is 4.39 Å². The summed E-state index contributed by atoms with van der Waals surface area (Å²) in [4.78, 5) is 0. The maximum atomic E-state index is 13.7. The summed E-state index contributed by atoms with van der Waals surface area (Å²) in [6.45, 7) is 0.519. The molecule has 0 aromatic heterocycles. The van der Waals surface area contributed by atoms with Gasteiger partial charge < -0.3 is 5.73 Å². The molecule has 1 aromatic rings. The number of benzene rings is 1. The lowest BCUT2D eigenvalue weighted by Crippen LogP contribution is -2.05. The summed E-state index contributed by atoms with van der Waals surface area (Å²) >= 11 is 0. The van der Waals surface area contributed by atoms with Crippen molar-refractivity contribution in [2.75, 3.05) is 6.54 Å². The van der Waals surface area contributed by atoms with Gasteiger partial charge in [-0.15, -0.1) is 0 Å². The SMILES string of the molecule is NCCc1cccc(C2CC2)c1F. The van der Waals surface area contributed by atoms with E-state index in [1.807, 2.05) is 18.2 Å². The van der Waals surface area contributed by atoms with E-state index in [1.165, 1.54) is 0 Å². The van der Waals surface area contributed by atoms with Gasteiger partial charge >= 0.3 is 0 Å². The van der Waals surface area contributed by atoms with Crippen LogP contribution in [0.5, 0.6) is 0 Å². The Kier molecular flexibility index (Phi) is 2.32. The Morgan fingerprint density at radius 2 is 2.15 bits per heavy atom. The third-order valence-corrected chi connectivity index (χ3v) is 2.54. The van der Waals surface area contributed by atoms with Gasteiger partial charge in [0.25, 0.3) is 0 Å². The van der Waals surface area contributed by atoms with Crippen LogP contribution in [0.15, 0.2) is 18.2 Å². The van der Waals surface area contributed by atoms with Gasteiger partial charge in [-0.3, -0.25) is 0 Å². The second-order valence-electron chi connectivity index (χ2n) is 3.63. The molecule has 0 radical (unpaired) electrons. The van der Waals surface area contributed by atoms with Gasteiger partial charge in [0.05, 0.1) is 0 Å². The summed E-state index contributed by atoms with van der Waals surface area (Å²) in [7, 11) is 0. The smallest absolute Gasteiger partial charge is 0.129 e. The van der Waals surface area contributed by atoms with Crippen molar-refractivity contribution in [3.63, 3.8) is 0 Å². The van der Waals surface area contributed by atoms with Crippen molar-refractivity contribution in [1.29, 1.82) is 0 Å². The van der Waals surface area contributed by atoms with Crippen LogP contribution in [0.1, 0.15) is 29.9 Å². The Balaban J connectivity index is 2.30. The molecule has 2 N–H and O–H groups in total. The van der Waals surface area contributed by atoms with Gasteiger partial charge in [-0.05, 0) is 42.9 Å². The Morgan fingerprint density at radius 3 is 2.77 bits per heavy atom. The molecule has 0 heterocycles. The highest BCUT2D eigenvalue weighted by Gasteiger charge is 2.26. The molecule has 1 aliphatic carbocycles. The largest absolute Gasteiger partial charge is 0.330 e. The third-order valence-electron chi connectivity index (χ3n) is 2.54. The zero-order chi connectivity index (χ0) is 9.26. The van der Waals surface area contributed by atoms with Crippen LogP contribution in [-0.2, 0) is 6.42 Å². The van der Waals surface area contributed by atoms with E-state index in [9.17, 15) is 4.39 Å². The number of hydrogen-bond acceptors (Lipinski definition) is 1. The van der Waals surface area contributed by atoms with Crippen molar-refractivity contribution >= 4 is 0 Å². The molecule has 1 fully saturated rings. The molecular weight excluding hydrogens is 165 g/mol. The van der Waals surface area contributed by atoms with Gasteiger partial charge in [0.15, 0.2) is 0 Å². The summed E-state index contributed by atoms with van der Waals surface area (Å²) in [6, 6.07) is 5.66. The molecule has 13 heavy (non-hydrogen) atoms. The lowest BCUT2D eigenvalue weighted by molar-refractivity contribution is 0.593. The Labute approximate surface area is 77.8 Å². The van der Waals surface area contributed by atoms with Crippen molar-refractivity contribution in [1.82, 2.24) is 0 Å². The summed E-state index contributed by atoms with van der Waals surface area (Å²) < 4.78 is 13.7. The molecule has 0 saturated heterocycles. The summed E-state index contributed by atoms with van der Waals surface area (Å²) in [5.74, 6) is 0.466. The zero-order valence-corrected chi connectivity index (χ0v) is 7.59. The van der Waals surface area contributed by atoms with Crippen LogP contribution >= 0.6 is 0 Å². The molecular formula is C11H14FN. The predicted octanol–water partition coefficient (Wildman–Crippen LogP) is 2.20. The van der Waals surface area contributed by atoms with Crippen LogP contribution in [0.2, 0.25) is 0 Å². The van der Waals surface area contributed by atoms with E-state index < -0.39 is 0 Å². The fourth-order valence-electron chi connectivity index (χ4n) is 1.66. The summed E-state index contributed by atoms with van der Waals surface area (Å²) in [5, 5.41) is 0. The predicted molar refractivity (Wildman–Crippen MR) is 51.1 cm³/mol. The average Bonchev–Trinajstić information content (AvgIpc) is 2.92. The van der Waals surface area contributed by atoms with Crippen LogP contribution in [0, 0.1) is 5.82 Å². The zero-order valence-electron chi connectivity index (χ0n) is 7.59. The van der Waals surface area contributed by atoms with Gasteiger partial charge in [0, 0.05) is 0 Å². The lowest BCUT2D eigenvalue weighted by Gasteiger charge is -2.05. The number of hydrogen-bond donors (Lipinski definition) is 1.